The molecule has 1 saturated carbocycles. The van der Waals surface area contributed by atoms with Crippen molar-refractivity contribution in [2.45, 2.75) is 18.9 Å². The van der Waals surface area contributed by atoms with Gasteiger partial charge in [-0.05, 0) is 43.2 Å². The summed E-state index contributed by atoms with van der Waals surface area (Å²) in [5.41, 5.74) is 2.39. The third kappa shape index (κ3) is 2.63. The van der Waals surface area contributed by atoms with E-state index in [2.05, 4.69) is 15.0 Å². The summed E-state index contributed by atoms with van der Waals surface area (Å²) in [6, 6.07) is 9.34. The summed E-state index contributed by atoms with van der Waals surface area (Å²) in [5.74, 6) is 1.10. The molecule has 1 aliphatic rings. The molecule has 6 heteroatoms. The van der Waals surface area contributed by atoms with Gasteiger partial charge in [-0.3, -0.25) is 0 Å². The first-order chi connectivity index (χ1) is 11.2. The van der Waals surface area contributed by atoms with Crippen molar-refractivity contribution < 1.29 is 14.3 Å². The third-order valence-corrected chi connectivity index (χ3v) is 3.75. The summed E-state index contributed by atoms with van der Waals surface area (Å²) < 4.78 is 10.5. The summed E-state index contributed by atoms with van der Waals surface area (Å²) in [6.45, 7) is 0. The van der Waals surface area contributed by atoms with Crippen LogP contribution < -0.4 is 4.74 Å². The molecule has 0 spiro atoms. The first-order valence-corrected chi connectivity index (χ1v) is 7.45. The zero-order valence-electron chi connectivity index (χ0n) is 12.6. The lowest BCUT2D eigenvalue weighted by Gasteiger charge is -2.04. The highest BCUT2D eigenvalue weighted by Crippen LogP contribution is 2.28. The van der Waals surface area contributed by atoms with Crippen molar-refractivity contribution in [2.24, 2.45) is 0 Å². The molecule has 1 aromatic carbocycles. The quantitative estimate of drug-likeness (QED) is 0.750. The second kappa shape index (κ2) is 5.39. The Morgan fingerprint density at radius 1 is 1.22 bits per heavy atom. The molecule has 0 amide bonds. The number of nitrogens with one attached hydrogen (secondary N) is 1. The van der Waals surface area contributed by atoms with Gasteiger partial charge in [0.05, 0.1) is 24.3 Å². The lowest BCUT2D eigenvalue weighted by atomic mass is 10.2. The smallest absolute Gasteiger partial charge is 0.340 e. The van der Waals surface area contributed by atoms with Crippen molar-refractivity contribution in [3.63, 3.8) is 0 Å². The molecule has 2 heterocycles. The minimum absolute atomic E-state index is 0.374. The minimum atomic E-state index is -0.416. The summed E-state index contributed by atoms with van der Waals surface area (Å²) in [5, 5.41) is 0. The van der Waals surface area contributed by atoms with Gasteiger partial charge < -0.3 is 14.5 Å². The van der Waals surface area contributed by atoms with Crippen molar-refractivity contribution in [3.05, 3.63) is 42.1 Å². The number of H-pyrrole nitrogens is 1. The van der Waals surface area contributed by atoms with Crippen molar-refractivity contribution >= 4 is 17.1 Å². The molecule has 1 N–H and O–H groups in total. The van der Waals surface area contributed by atoms with Crippen molar-refractivity contribution in [1.29, 1.82) is 0 Å². The van der Waals surface area contributed by atoms with E-state index < -0.39 is 5.97 Å². The van der Waals surface area contributed by atoms with Crippen LogP contribution >= 0.6 is 0 Å². The van der Waals surface area contributed by atoms with Crippen LogP contribution in [-0.2, 0) is 4.74 Å². The molecule has 0 aliphatic heterocycles. The molecule has 23 heavy (non-hydrogen) atoms. The first kappa shape index (κ1) is 13.8. The van der Waals surface area contributed by atoms with E-state index >= 15 is 0 Å². The van der Waals surface area contributed by atoms with Gasteiger partial charge >= 0.3 is 5.97 Å². The number of nitrogens with zero attached hydrogens (tertiary/aromatic N) is 2. The van der Waals surface area contributed by atoms with E-state index in [4.69, 9.17) is 9.47 Å². The van der Waals surface area contributed by atoms with E-state index in [1.807, 2.05) is 24.3 Å². The van der Waals surface area contributed by atoms with Crippen LogP contribution in [0.2, 0.25) is 0 Å². The molecule has 0 saturated heterocycles. The predicted octanol–water partition coefficient (Wildman–Crippen LogP) is 2.95. The number of benzene rings is 1. The average molecular weight is 309 g/mol. The molecule has 0 bridgehead atoms. The fourth-order valence-electron chi connectivity index (χ4n) is 2.40. The molecule has 0 unspecified atom stereocenters. The van der Waals surface area contributed by atoms with Gasteiger partial charge in [0.25, 0.3) is 0 Å². The van der Waals surface area contributed by atoms with Crippen LogP contribution in [-0.4, -0.2) is 34.1 Å². The van der Waals surface area contributed by atoms with Gasteiger partial charge in [-0.1, -0.05) is 0 Å². The molecular weight excluding hydrogens is 294 g/mol. The number of methoxy groups -OCH3 is 1. The monoisotopic (exact) mass is 309 g/mol. The van der Waals surface area contributed by atoms with Crippen LogP contribution in [0.25, 0.3) is 22.6 Å². The lowest BCUT2D eigenvalue weighted by Crippen LogP contribution is -2.02. The molecule has 6 nitrogen and oxygen atoms in total. The van der Waals surface area contributed by atoms with E-state index in [0.717, 1.165) is 24.2 Å². The van der Waals surface area contributed by atoms with Gasteiger partial charge in [-0.2, -0.15) is 0 Å². The summed E-state index contributed by atoms with van der Waals surface area (Å²) >= 11 is 0. The number of ether oxygens (including phenoxy) is 2. The maximum absolute atomic E-state index is 11.8. The molecular formula is C17H15N3O3. The number of pyridine rings is 1. The Morgan fingerprint density at radius 2 is 2.00 bits per heavy atom. The summed E-state index contributed by atoms with van der Waals surface area (Å²) in [4.78, 5) is 23.6. The van der Waals surface area contributed by atoms with Crippen LogP contribution in [0.3, 0.4) is 0 Å². The number of carbonyl (C=O) groups excluding carboxylic acids is 1. The van der Waals surface area contributed by atoms with E-state index in [1.165, 1.54) is 7.11 Å². The average Bonchev–Trinajstić information content (AvgIpc) is 3.29. The Hall–Kier alpha value is -2.89. The topological polar surface area (TPSA) is 77.1 Å². The molecule has 0 atom stereocenters. The van der Waals surface area contributed by atoms with Crippen LogP contribution in [0, 0.1) is 0 Å². The third-order valence-electron chi connectivity index (χ3n) is 3.75. The Kier molecular flexibility index (Phi) is 3.22. The normalized spacial score (nSPS) is 14.0. The van der Waals surface area contributed by atoms with Gasteiger partial charge in [0, 0.05) is 11.8 Å². The van der Waals surface area contributed by atoms with Gasteiger partial charge in [0.1, 0.15) is 11.6 Å². The SMILES string of the molecule is COC(=O)c1ccnc2nc(-c3ccc(OC4CC4)cc3)[nH]c12. The van der Waals surface area contributed by atoms with Gasteiger partial charge in [0.15, 0.2) is 5.65 Å². The van der Waals surface area contributed by atoms with E-state index in [1.54, 1.807) is 12.3 Å². The molecule has 1 aliphatic carbocycles. The van der Waals surface area contributed by atoms with Crippen molar-refractivity contribution in [3.8, 4) is 17.1 Å². The van der Waals surface area contributed by atoms with Gasteiger partial charge in [0.2, 0.25) is 0 Å². The van der Waals surface area contributed by atoms with Crippen LogP contribution in [0.15, 0.2) is 36.5 Å². The van der Waals surface area contributed by atoms with E-state index in [9.17, 15) is 4.79 Å². The highest BCUT2D eigenvalue weighted by Gasteiger charge is 2.23. The number of carbonyl (C=O) groups is 1. The van der Waals surface area contributed by atoms with Crippen molar-refractivity contribution in [1.82, 2.24) is 15.0 Å². The largest absolute Gasteiger partial charge is 0.490 e. The zero-order chi connectivity index (χ0) is 15.8. The molecule has 4 rings (SSSR count). The predicted molar refractivity (Wildman–Crippen MR) is 84.3 cm³/mol. The highest BCUT2D eigenvalue weighted by atomic mass is 16.5. The maximum Gasteiger partial charge on any atom is 0.340 e. The lowest BCUT2D eigenvalue weighted by molar-refractivity contribution is 0.0602. The Morgan fingerprint density at radius 3 is 2.70 bits per heavy atom. The zero-order valence-corrected chi connectivity index (χ0v) is 12.6. The molecule has 0 radical (unpaired) electrons. The summed E-state index contributed by atoms with van der Waals surface area (Å²) in [7, 11) is 1.35. The molecule has 2 aromatic heterocycles. The number of fused-ring (bicyclic) bond motifs is 1. The number of esters is 1. The number of hydrogen-bond acceptors (Lipinski definition) is 5. The second-order valence-corrected chi connectivity index (χ2v) is 5.48. The first-order valence-electron chi connectivity index (χ1n) is 7.45. The Labute approximate surface area is 132 Å². The Bertz CT molecular complexity index is 866. The van der Waals surface area contributed by atoms with Crippen LogP contribution in [0.1, 0.15) is 23.2 Å². The fourth-order valence-corrected chi connectivity index (χ4v) is 2.40. The van der Waals surface area contributed by atoms with Crippen LogP contribution in [0.5, 0.6) is 5.75 Å². The fraction of sp³-hybridized carbons (Fsp3) is 0.235. The standard InChI is InChI=1S/C17H15N3O3/c1-22-17(21)13-8-9-18-16-14(13)19-15(20-16)10-2-4-11(5-3-10)23-12-6-7-12/h2-5,8-9,12H,6-7H2,1H3,(H,18,19,20). The number of imidazole rings is 1. The molecule has 116 valence electrons. The van der Waals surface area contributed by atoms with Crippen LogP contribution in [0.4, 0.5) is 0 Å². The van der Waals surface area contributed by atoms with Gasteiger partial charge in [-0.25, -0.2) is 14.8 Å². The van der Waals surface area contributed by atoms with E-state index in [0.29, 0.717) is 28.7 Å². The van der Waals surface area contributed by atoms with Gasteiger partial charge in [-0.15, -0.1) is 0 Å². The van der Waals surface area contributed by atoms with E-state index in [-0.39, 0.29) is 0 Å². The molecule has 1 fully saturated rings. The summed E-state index contributed by atoms with van der Waals surface area (Å²) in [6.07, 6.45) is 4.19. The molecule has 3 aromatic rings. The number of aromatic amines is 1. The van der Waals surface area contributed by atoms with Crippen molar-refractivity contribution in [2.75, 3.05) is 7.11 Å². The number of aromatic nitrogens is 3. The number of rotatable bonds is 4. The maximum atomic E-state index is 11.8. The Balaban J connectivity index is 1.69. The number of hydrogen-bond donors (Lipinski definition) is 1. The highest BCUT2D eigenvalue weighted by molar-refractivity contribution is 6.01. The second-order valence-electron chi connectivity index (χ2n) is 5.48. The minimum Gasteiger partial charge on any atom is -0.490 e.